The number of nitrogens with zero attached hydrogens (tertiary/aromatic N) is 3. The number of carbonyl (C=O) groups is 4. The van der Waals surface area contributed by atoms with Crippen molar-refractivity contribution in [2.45, 2.75) is 97.9 Å². The number of phenolic OH excluding ortho intramolecular Hbond substituents is 1. The van der Waals surface area contributed by atoms with Gasteiger partial charge in [-0.15, -0.1) is 0 Å². The first-order valence-corrected chi connectivity index (χ1v) is 19.5. The van der Waals surface area contributed by atoms with Crippen LogP contribution in [-0.2, 0) is 30.3 Å². The van der Waals surface area contributed by atoms with Gasteiger partial charge in [0.1, 0.15) is 17.2 Å². The molecule has 0 spiro atoms. The van der Waals surface area contributed by atoms with Gasteiger partial charge in [-0.3, -0.25) is 10.1 Å². The lowest BCUT2D eigenvalue weighted by atomic mass is 9.93. The van der Waals surface area contributed by atoms with Gasteiger partial charge in [0, 0.05) is 67.3 Å². The maximum Gasteiger partial charge on any atom is 0.425 e. The number of pyridine rings is 1. The number of fused-ring (bicyclic) bond motifs is 10. The summed E-state index contributed by atoms with van der Waals surface area (Å²) in [6, 6.07) is 13.8. The second-order valence-electron chi connectivity index (χ2n) is 16.7. The van der Waals surface area contributed by atoms with E-state index in [1.807, 2.05) is 32.0 Å². The van der Waals surface area contributed by atoms with Gasteiger partial charge in [0.05, 0.1) is 6.61 Å². The molecule has 14 nitrogen and oxygen atoms in total. The standard InChI is InChI=1S/C40H46FN5O8.C4H8O/c1-22-16-25-10-12-29(22)23(2)21-52-36(49)44-28-18-26(33(47)31(41)19-28)20-45(9)35(48)32(25)43-27-11-13-30-24(17-27)14-15-42-34(30)46(37(50)53-39(3,4)5)38(51)54-40(6,7)8;1-2-4-5-3-1/h10-19,23,32,43,47H,20-21H2,1-9H3,(H,44,49);1-4H2. The third-order valence-electron chi connectivity index (χ3n) is 9.29. The zero-order valence-electron chi connectivity index (χ0n) is 35.1. The molecule has 0 saturated carbocycles. The fraction of sp³-hybridized carbons (Fsp3) is 0.432. The van der Waals surface area contributed by atoms with E-state index in [9.17, 15) is 28.7 Å². The molecule has 1 aromatic heterocycles. The fourth-order valence-corrected chi connectivity index (χ4v) is 6.54. The lowest BCUT2D eigenvalue weighted by Crippen LogP contribution is -2.44. The van der Waals surface area contributed by atoms with Crippen LogP contribution in [0.15, 0.2) is 60.8 Å². The molecule has 1 saturated heterocycles. The highest BCUT2D eigenvalue weighted by atomic mass is 19.1. The van der Waals surface area contributed by atoms with Crippen molar-refractivity contribution in [1.82, 2.24) is 9.88 Å². The molecule has 3 aliphatic heterocycles. The molecule has 7 rings (SSSR count). The topological polar surface area (TPSA) is 169 Å². The number of ether oxygens (including phenoxy) is 4. The Morgan fingerprint density at radius 1 is 0.966 bits per heavy atom. The van der Waals surface area contributed by atoms with Gasteiger partial charge in [0.2, 0.25) is 5.91 Å². The SMILES string of the molecule is C1CCOC1.Cc1cc2ccc1C(C)COC(=O)Nc1cc(F)c(O)c(c1)CN(C)C(=O)C2Nc1ccc2c(N(C(=O)OC(C)(C)C)C(=O)OC(C)(C)C)nccc2c1. The number of hydrogen-bond donors (Lipinski definition) is 3. The van der Waals surface area contributed by atoms with Crippen LogP contribution in [0.3, 0.4) is 0 Å². The number of benzene rings is 3. The van der Waals surface area contributed by atoms with Gasteiger partial charge in [0.15, 0.2) is 17.4 Å². The molecule has 4 aromatic rings. The molecular formula is C44H54FN5O9. The van der Waals surface area contributed by atoms with Crippen molar-refractivity contribution in [1.29, 1.82) is 0 Å². The molecule has 0 radical (unpaired) electrons. The molecule has 59 heavy (non-hydrogen) atoms. The van der Waals surface area contributed by atoms with Crippen LogP contribution in [0.25, 0.3) is 10.8 Å². The Labute approximate surface area is 344 Å². The number of aromatic hydroxyl groups is 1. The van der Waals surface area contributed by atoms with Crippen LogP contribution < -0.4 is 15.5 Å². The second-order valence-corrected chi connectivity index (χ2v) is 16.7. The number of carbonyl (C=O) groups excluding carboxylic acids is 4. The average Bonchev–Trinajstić information content (AvgIpc) is 3.73. The zero-order valence-corrected chi connectivity index (χ0v) is 35.1. The van der Waals surface area contributed by atoms with Gasteiger partial charge < -0.3 is 34.3 Å². The minimum Gasteiger partial charge on any atom is -0.505 e. The number of aryl methyl sites for hydroxylation is 1. The summed E-state index contributed by atoms with van der Waals surface area (Å²) < 4.78 is 36.3. The van der Waals surface area contributed by atoms with Crippen LogP contribution in [-0.4, -0.2) is 77.2 Å². The van der Waals surface area contributed by atoms with E-state index in [-0.39, 0.29) is 36.1 Å². The molecule has 4 amide bonds. The lowest BCUT2D eigenvalue weighted by molar-refractivity contribution is -0.131. The van der Waals surface area contributed by atoms with Gasteiger partial charge in [-0.25, -0.2) is 23.8 Å². The quantitative estimate of drug-likeness (QED) is 0.133. The third kappa shape index (κ3) is 11.6. The summed E-state index contributed by atoms with van der Waals surface area (Å²) in [6.45, 7) is 15.7. The summed E-state index contributed by atoms with van der Waals surface area (Å²) in [6.07, 6.45) is 1.30. The average molecular weight is 816 g/mol. The van der Waals surface area contributed by atoms with Crippen LogP contribution >= 0.6 is 0 Å². The monoisotopic (exact) mass is 815 g/mol. The summed E-state index contributed by atoms with van der Waals surface area (Å²) in [5, 5.41) is 17.4. The normalized spacial score (nSPS) is 17.4. The van der Waals surface area contributed by atoms with E-state index in [2.05, 4.69) is 15.6 Å². The molecule has 3 N–H and O–H groups in total. The molecule has 4 heterocycles. The fourth-order valence-electron chi connectivity index (χ4n) is 6.54. The summed E-state index contributed by atoms with van der Waals surface area (Å²) >= 11 is 0. The summed E-state index contributed by atoms with van der Waals surface area (Å²) in [5.41, 5.74) is 1.19. The molecule has 4 bridgehead atoms. The van der Waals surface area contributed by atoms with E-state index in [0.717, 1.165) is 35.3 Å². The smallest absolute Gasteiger partial charge is 0.425 e. The van der Waals surface area contributed by atoms with Crippen molar-refractivity contribution in [2.24, 2.45) is 0 Å². The van der Waals surface area contributed by atoms with E-state index < -0.39 is 53.0 Å². The first-order valence-electron chi connectivity index (χ1n) is 19.5. The molecule has 0 aliphatic carbocycles. The summed E-state index contributed by atoms with van der Waals surface area (Å²) in [7, 11) is 1.52. The van der Waals surface area contributed by atoms with Crippen molar-refractivity contribution in [2.75, 3.05) is 42.4 Å². The summed E-state index contributed by atoms with van der Waals surface area (Å²) in [4.78, 5) is 60.2. The first kappa shape index (κ1) is 44.1. The van der Waals surface area contributed by atoms with Crippen LogP contribution in [0.4, 0.5) is 36.0 Å². The van der Waals surface area contributed by atoms with Crippen molar-refractivity contribution in [3.63, 3.8) is 0 Å². The number of anilines is 3. The molecule has 15 heteroatoms. The molecule has 1 fully saturated rings. The number of rotatable bonds is 3. The Hall–Kier alpha value is -5.96. The lowest BCUT2D eigenvalue weighted by Gasteiger charge is -2.29. The van der Waals surface area contributed by atoms with Gasteiger partial charge in [-0.2, -0.15) is 4.90 Å². The van der Waals surface area contributed by atoms with Crippen LogP contribution in [0, 0.1) is 12.7 Å². The molecule has 2 unspecified atom stereocenters. The number of amides is 4. The molecule has 3 aliphatic rings. The summed E-state index contributed by atoms with van der Waals surface area (Å²) in [5.74, 6) is -2.24. The van der Waals surface area contributed by atoms with E-state index in [1.54, 1.807) is 65.8 Å². The van der Waals surface area contributed by atoms with Gasteiger partial charge in [-0.1, -0.05) is 25.1 Å². The minimum absolute atomic E-state index is 0.00200. The highest BCUT2D eigenvalue weighted by Crippen LogP contribution is 2.34. The van der Waals surface area contributed by atoms with E-state index >= 15 is 0 Å². The Morgan fingerprint density at radius 2 is 1.63 bits per heavy atom. The maximum atomic E-state index is 14.8. The number of hydrogen-bond acceptors (Lipinski definition) is 11. The highest BCUT2D eigenvalue weighted by molar-refractivity contribution is 6.14. The van der Waals surface area contributed by atoms with E-state index in [1.165, 1.54) is 37.1 Å². The largest absolute Gasteiger partial charge is 0.505 e. The maximum absolute atomic E-state index is 14.8. The number of aromatic nitrogens is 1. The van der Waals surface area contributed by atoms with Gasteiger partial charge >= 0.3 is 18.3 Å². The third-order valence-corrected chi connectivity index (χ3v) is 9.29. The van der Waals surface area contributed by atoms with Crippen LogP contribution in [0.5, 0.6) is 5.75 Å². The highest BCUT2D eigenvalue weighted by Gasteiger charge is 2.35. The van der Waals surface area contributed by atoms with E-state index in [0.29, 0.717) is 22.0 Å². The van der Waals surface area contributed by atoms with Gasteiger partial charge in [0.25, 0.3) is 0 Å². The Morgan fingerprint density at radius 3 is 2.22 bits per heavy atom. The van der Waals surface area contributed by atoms with Crippen molar-refractivity contribution in [3.05, 3.63) is 88.9 Å². The Balaban J connectivity index is 0.00000123. The Bertz CT molecular complexity index is 2160. The first-order chi connectivity index (χ1) is 27.7. The van der Waals surface area contributed by atoms with Crippen LogP contribution in [0.2, 0.25) is 0 Å². The van der Waals surface area contributed by atoms with Crippen molar-refractivity contribution < 1.29 is 47.6 Å². The van der Waals surface area contributed by atoms with Crippen molar-refractivity contribution in [3.8, 4) is 5.75 Å². The molecular weight excluding hydrogens is 762 g/mol. The van der Waals surface area contributed by atoms with Crippen molar-refractivity contribution >= 4 is 52.2 Å². The Kier molecular flexibility index (Phi) is 13.7. The molecule has 3 aromatic carbocycles. The number of likely N-dealkylation sites (N-methyl/N-ethyl adjacent to an activating group) is 1. The zero-order chi connectivity index (χ0) is 43.2. The van der Waals surface area contributed by atoms with Gasteiger partial charge in [-0.05, 0) is 114 Å². The van der Waals surface area contributed by atoms with E-state index in [4.69, 9.17) is 18.9 Å². The number of nitrogens with one attached hydrogen (secondary N) is 2. The predicted octanol–water partition coefficient (Wildman–Crippen LogP) is 9.34. The minimum atomic E-state index is -0.972. The second kappa shape index (κ2) is 18.3. The molecule has 2 atom stereocenters. The van der Waals surface area contributed by atoms with Crippen LogP contribution in [0.1, 0.15) is 95.5 Å². The number of imide groups is 1. The number of phenols is 1. The number of halogens is 1. The predicted molar refractivity (Wildman–Crippen MR) is 222 cm³/mol. The molecule has 316 valence electrons.